The maximum atomic E-state index is 11.8. The lowest BCUT2D eigenvalue weighted by Gasteiger charge is -2.22. The second-order valence-corrected chi connectivity index (χ2v) is 8.36. The van der Waals surface area contributed by atoms with Crippen molar-refractivity contribution in [2.75, 3.05) is 24.7 Å². The average molecular weight is 502 g/mol. The molecule has 0 spiro atoms. The number of carbonyl (C=O) groups excluding carboxylic acids is 1. The highest BCUT2D eigenvalue weighted by atomic mass is 79.9. The van der Waals surface area contributed by atoms with Gasteiger partial charge in [0.2, 0.25) is 0 Å². The lowest BCUT2D eigenvalue weighted by molar-refractivity contribution is 0.0958. The van der Waals surface area contributed by atoms with E-state index >= 15 is 0 Å². The van der Waals surface area contributed by atoms with Gasteiger partial charge in [-0.25, -0.2) is 0 Å². The fraction of sp³-hybridized carbons (Fsp3) is 0.227. The number of halogens is 1. The highest BCUT2D eigenvalue weighted by Crippen LogP contribution is 2.31. The number of allylic oxidation sites excluding steroid dienone is 4. The van der Waals surface area contributed by atoms with E-state index in [4.69, 9.17) is 17.0 Å². The van der Waals surface area contributed by atoms with Crippen LogP contribution in [-0.2, 0) is 0 Å². The molecule has 1 aromatic carbocycles. The van der Waals surface area contributed by atoms with Gasteiger partial charge in [-0.15, -0.1) is 0 Å². The molecule has 3 rings (SSSR count). The predicted molar refractivity (Wildman–Crippen MR) is 132 cm³/mol. The summed E-state index contributed by atoms with van der Waals surface area (Å²) in [6.07, 6.45) is 6.51. The third-order valence-electron chi connectivity index (χ3n) is 4.67. The van der Waals surface area contributed by atoms with Crippen LogP contribution in [-0.4, -0.2) is 30.1 Å². The number of thiocarbonyl (C=S) groups is 1. The molecule has 0 radical (unpaired) electrons. The van der Waals surface area contributed by atoms with E-state index in [9.17, 15) is 4.79 Å². The largest absolute Gasteiger partial charge is 0.457 e. The minimum absolute atomic E-state index is 0.275. The third kappa shape index (κ3) is 6.05. The Labute approximate surface area is 195 Å². The molecule has 31 heavy (non-hydrogen) atoms. The van der Waals surface area contributed by atoms with Crippen molar-refractivity contribution in [2.24, 2.45) is 5.92 Å². The molecule has 9 heteroatoms. The molecule has 0 fully saturated rings. The second kappa shape index (κ2) is 10.4. The smallest absolute Gasteiger partial charge is 0.269 e. The van der Waals surface area contributed by atoms with E-state index in [1.165, 1.54) is 10.7 Å². The number of rotatable bonds is 6. The van der Waals surface area contributed by atoms with Gasteiger partial charge < -0.3 is 26.0 Å². The summed E-state index contributed by atoms with van der Waals surface area (Å²) >= 11 is 9.06. The van der Waals surface area contributed by atoms with Gasteiger partial charge in [0.25, 0.3) is 5.91 Å². The molecule has 2 aromatic rings. The van der Waals surface area contributed by atoms with Crippen molar-refractivity contribution in [3.63, 3.8) is 0 Å². The summed E-state index contributed by atoms with van der Waals surface area (Å²) in [4.78, 5) is 15.9. The third-order valence-corrected chi connectivity index (χ3v) is 5.46. The minimum Gasteiger partial charge on any atom is -0.457 e. The molecule has 1 aliphatic rings. The maximum absolute atomic E-state index is 11.8. The number of aromatic nitrogens is 1. The van der Waals surface area contributed by atoms with Gasteiger partial charge in [-0.1, -0.05) is 28.9 Å². The first-order valence-electron chi connectivity index (χ1n) is 9.71. The van der Waals surface area contributed by atoms with Crippen LogP contribution < -0.4 is 26.0 Å². The molecule has 0 saturated heterocycles. The first kappa shape index (κ1) is 22.8. The molecular weight excluding hydrogens is 478 g/mol. The predicted octanol–water partition coefficient (Wildman–Crippen LogP) is 4.76. The van der Waals surface area contributed by atoms with Crippen molar-refractivity contribution in [1.29, 1.82) is 0 Å². The fourth-order valence-corrected chi connectivity index (χ4v) is 3.88. The summed E-state index contributed by atoms with van der Waals surface area (Å²) < 4.78 is 7.11. The van der Waals surface area contributed by atoms with Crippen molar-refractivity contribution < 1.29 is 9.53 Å². The topological polar surface area (TPSA) is 87.3 Å². The van der Waals surface area contributed by atoms with Gasteiger partial charge in [0.05, 0.1) is 11.4 Å². The van der Waals surface area contributed by atoms with Crippen LogP contribution in [0.4, 0.5) is 11.4 Å². The van der Waals surface area contributed by atoms with Crippen molar-refractivity contribution in [1.82, 2.24) is 15.6 Å². The highest BCUT2D eigenvalue weighted by molar-refractivity contribution is 9.11. The molecule has 1 aliphatic carbocycles. The van der Waals surface area contributed by atoms with Crippen LogP contribution in [0.2, 0.25) is 0 Å². The molecule has 7 nitrogen and oxygen atoms in total. The molecule has 162 valence electrons. The maximum Gasteiger partial charge on any atom is 0.269 e. The highest BCUT2D eigenvalue weighted by Gasteiger charge is 2.15. The number of carbonyl (C=O) groups is 1. The zero-order valence-electron chi connectivity index (χ0n) is 17.5. The lowest BCUT2D eigenvalue weighted by atomic mass is 9.99. The summed E-state index contributed by atoms with van der Waals surface area (Å²) in [5.41, 5.74) is 2.97. The normalized spacial score (nSPS) is 15.3. The molecule has 1 heterocycles. The van der Waals surface area contributed by atoms with Crippen molar-refractivity contribution in [3.05, 3.63) is 64.6 Å². The standard InChI is InChI=1S/C22H24BrN5O2S/c1-13-10-14(23)4-6-17(13)27-22(31)28-19-11-15(5-7-18(19)24-2)30-16-8-9-26-20(12-16)21(29)25-3/h4-9,11-13,24H,10H2,1-3H3,(H,25,29)(H2,27,28,31). The number of nitrogens with one attached hydrogen (secondary N) is 4. The first-order valence-corrected chi connectivity index (χ1v) is 10.9. The number of anilines is 2. The van der Waals surface area contributed by atoms with Gasteiger partial charge in [-0.2, -0.15) is 0 Å². The van der Waals surface area contributed by atoms with Crippen molar-refractivity contribution in [2.45, 2.75) is 13.3 Å². The van der Waals surface area contributed by atoms with E-state index < -0.39 is 0 Å². The van der Waals surface area contributed by atoms with E-state index in [0.717, 1.165) is 23.5 Å². The van der Waals surface area contributed by atoms with Crippen LogP contribution in [0, 0.1) is 5.92 Å². The molecule has 0 saturated carbocycles. The van der Waals surface area contributed by atoms with Crippen molar-refractivity contribution in [3.8, 4) is 11.5 Å². The Bertz CT molecular complexity index is 1050. The van der Waals surface area contributed by atoms with Crippen LogP contribution >= 0.6 is 28.1 Å². The minimum atomic E-state index is -0.275. The van der Waals surface area contributed by atoms with Gasteiger partial charge in [-0.05, 0) is 47.4 Å². The monoisotopic (exact) mass is 501 g/mol. The van der Waals surface area contributed by atoms with E-state index in [0.29, 0.717) is 22.5 Å². The number of hydrogen-bond acceptors (Lipinski definition) is 5. The molecule has 0 bridgehead atoms. The fourth-order valence-electron chi connectivity index (χ4n) is 3.04. The van der Waals surface area contributed by atoms with Crippen LogP contribution in [0.5, 0.6) is 11.5 Å². The number of nitrogens with zero attached hydrogens (tertiary/aromatic N) is 1. The van der Waals surface area contributed by atoms with Crippen LogP contribution in [0.1, 0.15) is 23.8 Å². The van der Waals surface area contributed by atoms with Crippen molar-refractivity contribution >= 4 is 50.5 Å². The Balaban J connectivity index is 1.75. The Morgan fingerprint density at radius 3 is 2.61 bits per heavy atom. The molecule has 1 amide bonds. The first-order chi connectivity index (χ1) is 14.9. The summed E-state index contributed by atoms with van der Waals surface area (Å²) in [6, 6.07) is 8.85. The molecule has 1 atom stereocenters. The van der Waals surface area contributed by atoms with Crippen LogP contribution in [0.25, 0.3) is 0 Å². The van der Waals surface area contributed by atoms with E-state index in [1.807, 2.05) is 37.4 Å². The Kier molecular flexibility index (Phi) is 7.64. The molecule has 1 aromatic heterocycles. The lowest BCUT2D eigenvalue weighted by Crippen LogP contribution is -2.31. The zero-order valence-corrected chi connectivity index (χ0v) is 19.9. The Morgan fingerprint density at radius 2 is 1.90 bits per heavy atom. The van der Waals surface area contributed by atoms with Crippen LogP contribution in [0.15, 0.2) is 58.9 Å². The van der Waals surface area contributed by atoms with Gasteiger partial charge in [0.1, 0.15) is 17.2 Å². The summed E-state index contributed by atoms with van der Waals surface area (Å²) in [5.74, 6) is 1.16. The summed E-state index contributed by atoms with van der Waals surface area (Å²) in [5, 5.41) is 12.7. The SMILES string of the molecule is CNC(=O)c1cc(Oc2ccc(NC)c(NC(=S)NC3=CC=C(Br)CC3C)c2)ccn1. The number of amides is 1. The van der Waals surface area contributed by atoms with E-state index in [-0.39, 0.29) is 11.6 Å². The van der Waals surface area contributed by atoms with Gasteiger partial charge in [0.15, 0.2) is 5.11 Å². The Morgan fingerprint density at radius 1 is 1.13 bits per heavy atom. The van der Waals surface area contributed by atoms with Crippen LogP contribution in [0.3, 0.4) is 0 Å². The molecule has 4 N–H and O–H groups in total. The average Bonchev–Trinajstić information content (AvgIpc) is 2.75. The second-order valence-electron chi connectivity index (χ2n) is 6.94. The molecular formula is C22H24BrN5O2S. The number of ether oxygens (including phenoxy) is 1. The zero-order chi connectivity index (χ0) is 22.4. The van der Waals surface area contributed by atoms with Gasteiger partial charge in [0, 0.05) is 44.0 Å². The van der Waals surface area contributed by atoms with E-state index in [1.54, 1.807) is 19.2 Å². The Hall–Kier alpha value is -2.91. The van der Waals surface area contributed by atoms with Gasteiger partial charge >= 0.3 is 0 Å². The number of hydrogen-bond donors (Lipinski definition) is 4. The summed E-state index contributed by atoms with van der Waals surface area (Å²) in [7, 11) is 3.40. The summed E-state index contributed by atoms with van der Waals surface area (Å²) in [6.45, 7) is 2.14. The molecule has 0 aliphatic heterocycles. The van der Waals surface area contributed by atoms with E-state index in [2.05, 4.69) is 49.1 Å². The number of pyridine rings is 1. The molecule has 1 unspecified atom stereocenters. The van der Waals surface area contributed by atoms with Gasteiger partial charge in [-0.3, -0.25) is 9.78 Å². The quantitative estimate of drug-likeness (QED) is 0.424. The number of benzene rings is 1.